The van der Waals surface area contributed by atoms with Crippen LogP contribution in [-0.4, -0.2) is 14.7 Å². The lowest BCUT2D eigenvalue weighted by Crippen LogP contribution is -2.05. The number of aliphatic hydroxyl groups is 1. The zero-order valence-corrected chi connectivity index (χ0v) is 7.99. The van der Waals surface area contributed by atoms with E-state index in [0.29, 0.717) is 0 Å². The van der Waals surface area contributed by atoms with Crippen LogP contribution in [-0.2, 0) is 6.54 Å². The summed E-state index contributed by atoms with van der Waals surface area (Å²) < 4.78 is 1.93. The van der Waals surface area contributed by atoms with Gasteiger partial charge in [0.05, 0.1) is 18.2 Å². The van der Waals surface area contributed by atoms with Crippen molar-refractivity contribution in [1.29, 1.82) is 0 Å². The Kier molecular flexibility index (Phi) is 3.53. The average molecular weight is 178 g/mol. The molecule has 1 atom stereocenters. The molecule has 3 heteroatoms. The van der Waals surface area contributed by atoms with Crippen molar-refractivity contribution in [3.8, 4) is 11.8 Å². The number of aromatic nitrogens is 2. The average Bonchev–Trinajstić information content (AvgIpc) is 2.54. The fourth-order valence-electron chi connectivity index (χ4n) is 1.20. The smallest absolute Gasteiger partial charge is 0.156 e. The van der Waals surface area contributed by atoms with Crippen molar-refractivity contribution in [2.75, 3.05) is 0 Å². The van der Waals surface area contributed by atoms with Gasteiger partial charge < -0.3 is 9.67 Å². The maximum Gasteiger partial charge on any atom is 0.156 e. The molecule has 0 saturated heterocycles. The van der Waals surface area contributed by atoms with E-state index >= 15 is 0 Å². The van der Waals surface area contributed by atoms with Gasteiger partial charge in [0.25, 0.3) is 0 Å². The molecular weight excluding hydrogens is 164 g/mol. The van der Waals surface area contributed by atoms with Crippen LogP contribution < -0.4 is 0 Å². The Morgan fingerprint density at radius 3 is 3.08 bits per heavy atom. The molecule has 0 spiro atoms. The van der Waals surface area contributed by atoms with Crippen LogP contribution in [0.1, 0.15) is 32.1 Å². The molecule has 0 amide bonds. The van der Waals surface area contributed by atoms with Gasteiger partial charge in [0.15, 0.2) is 6.10 Å². The summed E-state index contributed by atoms with van der Waals surface area (Å²) in [7, 11) is 0. The zero-order valence-electron chi connectivity index (χ0n) is 7.99. The lowest BCUT2D eigenvalue weighted by Gasteiger charge is -2.07. The Bertz CT molecular complexity index is 319. The van der Waals surface area contributed by atoms with E-state index in [1.807, 2.05) is 4.57 Å². The molecule has 1 aromatic heterocycles. The van der Waals surface area contributed by atoms with Crippen molar-refractivity contribution in [3.05, 3.63) is 18.2 Å². The van der Waals surface area contributed by atoms with E-state index in [4.69, 9.17) is 0 Å². The maximum atomic E-state index is 9.58. The van der Waals surface area contributed by atoms with Crippen LogP contribution in [0.5, 0.6) is 0 Å². The highest BCUT2D eigenvalue weighted by Crippen LogP contribution is 2.11. The van der Waals surface area contributed by atoms with Gasteiger partial charge in [0, 0.05) is 6.54 Å². The molecule has 0 aromatic carbocycles. The molecule has 0 aliphatic heterocycles. The summed E-state index contributed by atoms with van der Waals surface area (Å²) in [6, 6.07) is 0. The minimum atomic E-state index is -0.709. The van der Waals surface area contributed by atoms with E-state index in [1.54, 1.807) is 19.4 Å². The van der Waals surface area contributed by atoms with E-state index in [0.717, 1.165) is 18.7 Å². The Balaban J connectivity index is 2.84. The highest BCUT2D eigenvalue weighted by atomic mass is 16.3. The van der Waals surface area contributed by atoms with Crippen LogP contribution in [0, 0.1) is 11.8 Å². The second-order valence-electron chi connectivity index (χ2n) is 2.81. The van der Waals surface area contributed by atoms with Crippen molar-refractivity contribution >= 4 is 0 Å². The summed E-state index contributed by atoms with van der Waals surface area (Å²) in [5, 5.41) is 9.58. The highest BCUT2D eigenvalue weighted by molar-refractivity contribution is 5.15. The van der Waals surface area contributed by atoms with Crippen molar-refractivity contribution in [1.82, 2.24) is 9.55 Å². The summed E-state index contributed by atoms with van der Waals surface area (Å²) in [5.74, 6) is 5.38. The van der Waals surface area contributed by atoms with Crippen LogP contribution in [0.4, 0.5) is 0 Å². The van der Waals surface area contributed by atoms with Gasteiger partial charge in [0.2, 0.25) is 0 Å². The molecule has 0 aliphatic carbocycles. The van der Waals surface area contributed by atoms with Crippen molar-refractivity contribution in [2.24, 2.45) is 0 Å². The monoisotopic (exact) mass is 178 g/mol. The predicted octanol–water partition coefficient (Wildman–Crippen LogP) is 1.35. The van der Waals surface area contributed by atoms with Crippen molar-refractivity contribution in [3.63, 3.8) is 0 Å². The molecule has 0 bridgehead atoms. The first-order chi connectivity index (χ1) is 6.29. The van der Waals surface area contributed by atoms with Crippen LogP contribution in [0.15, 0.2) is 12.5 Å². The lowest BCUT2D eigenvalue weighted by molar-refractivity contribution is 0.227. The lowest BCUT2D eigenvalue weighted by atomic mass is 10.2. The topological polar surface area (TPSA) is 38.1 Å². The molecule has 1 rings (SSSR count). The first-order valence-corrected chi connectivity index (χ1v) is 4.40. The molecule has 1 aromatic rings. The van der Waals surface area contributed by atoms with Gasteiger partial charge in [-0.25, -0.2) is 4.98 Å². The minimum absolute atomic E-state index is 0.709. The number of imidazole rings is 1. The summed E-state index contributed by atoms with van der Waals surface area (Å²) in [5.41, 5.74) is 0.774. The molecule has 0 fully saturated rings. The number of nitrogens with zero attached hydrogens (tertiary/aromatic N) is 2. The first kappa shape index (κ1) is 9.82. The summed E-state index contributed by atoms with van der Waals surface area (Å²) >= 11 is 0. The largest absolute Gasteiger partial charge is 0.374 e. The molecule has 1 unspecified atom stereocenters. The summed E-state index contributed by atoms with van der Waals surface area (Å²) in [4.78, 5) is 3.98. The number of hydrogen-bond acceptors (Lipinski definition) is 2. The molecule has 0 radical (unpaired) electrons. The van der Waals surface area contributed by atoms with E-state index in [-0.39, 0.29) is 0 Å². The Morgan fingerprint density at radius 2 is 2.46 bits per heavy atom. The second kappa shape index (κ2) is 4.68. The molecule has 70 valence electrons. The molecule has 1 N–H and O–H groups in total. The third-order valence-corrected chi connectivity index (χ3v) is 1.77. The van der Waals surface area contributed by atoms with Gasteiger partial charge in [-0.05, 0) is 13.3 Å². The molecule has 0 aliphatic rings. The zero-order chi connectivity index (χ0) is 9.68. The fourth-order valence-corrected chi connectivity index (χ4v) is 1.20. The van der Waals surface area contributed by atoms with Crippen molar-refractivity contribution < 1.29 is 5.11 Å². The summed E-state index contributed by atoms with van der Waals surface area (Å²) in [6.07, 6.45) is 3.69. The summed E-state index contributed by atoms with van der Waals surface area (Å²) in [6.45, 7) is 4.67. The standard InChI is InChI=1S/C10H14N2O/c1-3-5-10(13)9-7-11-8-12(9)6-4-2/h7-8,10,13H,4,6H2,1-2H3. The van der Waals surface area contributed by atoms with Gasteiger partial charge in [-0.2, -0.15) is 0 Å². The van der Waals surface area contributed by atoms with E-state index in [2.05, 4.69) is 23.7 Å². The third-order valence-electron chi connectivity index (χ3n) is 1.77. The Morgan fingerprint density at radius 1 is 1.69 bits per heavy atom. The normalized spacial score (nSPS) is 11.9. The highest BCUT2D eigenvalue weighted by Gasteiger charge is 2.08. The van der Waals surface area contributed by atoms with Gasteiger partial charge in [-0.15, -0.1) is 5.92 Å². The number of aliphatic hydroxyl groups excluding tert-OH is 1. The Labute approximate surface area is 78.4 Å². The van der Waals surface area contributed by atoms with Crippen LogP contribution in [0.2, 0.25) is 0 Å². The molecule has 0 saturated carbocycles. The fraction of sp³-hybridized carbons (Fsp3) is 0.500. The second-order valence-corrected chi connectivity index (χ2v) is 2.81. The molecule has 1 heterocycles. The van der Waals surface area contributed by atoms with Gasteiger partial charge in [-0.3, -0.25) is 0 Å². The third kappa shape index (κ3) is 2.33. The molecule has 13 heavy (non-hydrogen) atoms. The van der Waals surface area contributed by atoms with Gasteiger partial charge >= 0.3 is 0 Å². The number of aryl methyl sites for hydroxylation is 1. The van der Waals surface area contributed by atoms with Crippen molar-refractivity contribution in [2.45, 2.75) is 32.9 Å². The van der Waals surface area contributed by atoms with Gasteiger partial charge in [-0.1, -0.05) is 12.8 Å². The maximum absolute atomic E-state index is 9.58. The SMILES string of the molecule is CC#CC(O)c1cncn1CCC. The first-order valence-electron chi connectivity index (χ1n) is 4.40. The number of rotatable bonds is 3. The van der Waals surface area contributed by atoms with E-state index < -0.39 is 6.10 Å². The minimum Gasteiger partial charge on any atom is -0.374 e. The quantitative estimate of drug-likeness (QED) is 0.709. The van der Waals surface area contributed by atoms with E-state index in [9.17, 15) is 5.11 Å². The predicted molar refractivity (Wildman–Crippen MR) is 50.9 cm³/mol. The molecular formula is C10H14N2O. The van der Waals surface area contributed by atoms with Crippen LogP contribution in [0.25, 0.3) is 0 Å². The Hall–Kier alpha value is -1.27. The molecule has 3 nitrogen and oxygen atoms in total. The van der Waals surface area contributed by atoms with E-state index in [1.165, 1.54) is 0 Å². The van der Waals surface area contributed by atoms with Crippen LogP contribution in [0.3, 0.4) is 0 Å². The van der Waals surface area contributed by atoms with Crippen LogP contribution >= 0.6 is 0 Å². The van der Waals surface area contributed by atoms with Gasteiger partial charge in [0.1, 0.15) is 0 Å². The number of hydrogen-bond donors (Lipinski definition) is 1.